The monoisotopic (exact) mass is 255 g/mol. The van der Waals surface area contributed by atoms with Gasteiger partial charge in [-0.3, -0.25) is 0 Å². The molecule has 1 unspecified atom stereocenters. The molecule has 0 aliphatic heterocycles. The maximum absolute atomic E-state index is 12.1. The van der Waals surface area contributed by atoms with Crippen molar-refractivity contribution in [1.82, 2.24) is 4.31 Å². The number of sulfonamides is 1. The van der Waals surface area contributed by atoms with E-state index in [2.05, 4.69) is 0 Å². The lowest BCUT2D eigenvalue weighted by molar-refractivity contribution is 0.380. The SMILES string of the molecule is CC(c1ccccc1O)N(C)S(=O)(=O)C1CC1. The van der Waals surface area contributed by atoms with Crippen molar-refractivity contribution < 1.29 is 13.5 Å². The summed E-state index contributed by atoms with van der Waals surface area (Å²) in [7, 11) is -1.63. The number of benzene rings is 1. The molecule has 0 amide bonds. The van der Waals surface area contributed by atoms with Crippen molar-refractivity contribution in [2.45, 2.75) is 31.1 Å². The van der Waals surface area contributed by atoms with Gasteiger partial charge in [-0.2, -0.15) is 4.31 Å². The fraction of sp³-hybridized carbons (Fsp3) is 0.500. The molecule has 1 atom stereocenters. The first-order valence-corrected chi connectivity index (χ1v) is 7.19. The van der Waals surface area contributed by atoms with Gasteiger partial charge in [0.15, 0.2) is 0 Å². The molecule has 0 spiro atoms. The topological polar surface area (TPSA) is 57.6 Å². The van der Waals surface area contributed by atoms with Gasteiger partial charge in [-0.05, 0) is 25.8 Å². The Hall–Kier alpha value is -1.07. The molecule has 1 aromatic rings. The van der Waals surface area contributed by atoms with Crippen LogP contribution >= 0.6 is 0 Å². The highest BCUT2D eigenvalue weighted by Gasteiger charge is 2.40. The summed E-state index contributed by atoms with van der Waals surface area (Å²) in [6.07, 6.45) is 1.50. The summed E-state index contributed by atoms with van der Waals surface area (Å²) in [5.41, 5.74) is 0.638. The van der Waals surface area contributed by atoms with Gasteiger partial charge >= 0.3 is 0 Å². The lowest BCUT2D eigenvalue weighted by Gasteiger charge is -2.25. The molecule has 2 rings (SSSR count). The molecule has 5 heteroatoms. The predicted molar refractivity (Wildman–Crippen MR) is 66.2 cm³/mol. The number of para-hydroxylation sites is 1. The van der Waals surface area contributed by atoms with Gasteiger partial charge in [-0.15, -0.1) is 0 Å². The molecule has 0 aromatic heterocycles. The minimum atomic E-state index is -3.21. The largest absolute Gasteiger partial charge is 0.508 e. The molecular formula is C12H17NO3S. The van der Waals surface area contributed by atoms with Crippen LogP contribution in [0.15, 0.2) is 24.3 Å². The second-order valence-electron chi connectivity index (χ2n) is 4.50. The number of phenols is 1. The fourth-order valence-electron chi connectivity index (χ4n) is 1.86. The van der Waals surface area contributed by atoms with Crippen molar-refractivity contribution in [3.05, 3.63) is 29.8 Å². The average Bonchev–Trinajstić information content (AvgIpc) is 3.11. The molecule has 0 saturated heterocycles. The van der Waals surface area contributed by atoms with Gasteiger partial charge in [-0.25, -0.2) is 8.42 Å². The third kappa shape index (κ3) is 2.30. The van der Waals surface area contributed by atoms with Gasteiger partial charge in [0.2, 0.25) is 10.0 Å². The van der Waals surface area contributed by atoms with Crippen LogP contribution < -0.4 is 0 Å². The Morgan fingerprint density at radius 1 is 1.35 bits per heavy atom. The molecule has 0 bridgehead atoms. The third-order valence-corrected chi connectivity index (χ3v) is 5.71. The van der Waals surface area contributed by atoms with E-state index in [0.717, 1.165) is 12.8 Å². The second kappa shape index (κ2) is 4.31. The quantitative estimate of drug-likeness (QED) is 0.893. The maximum Gasteiger partial charge on any atom is 0.217 e. The zero-order valence-electron chi connectivity index (χ0n) is 10.00. The van der Waals surface area contributed by atoms with Gasteiger partial charge in [0.1, 0.15) is 5.75 Å². The van der Waals surface area contributed by atoms with Crippen molar-refractivity contribution in [3.8, 4) is 5.75 Å². The first-order valence-electron chi connectivity index (χ1n) is 5.69. The van der Waals surface area contributed by atoms with Crippen molar-refractivity contribution in [1.29, 1.82) is 0 Å². The van der Waals surface area contributed by atoms with Crippen LogP contribution in [-0.4, -0.2) is 30.1 Å². The lowest BCUT2D eigenvalue weighted by atomic mass is 10.1. The molecule has 0 heterocycles. The van der Waals surface area contributed by atoms with Crippen molar-refractivity contribution in [3.63, 3.8) is 0 Å². The van der Waals surface area contributed by atoms with E-state index in [-0.39, 0.29) is 17.0 Å². The van der Waals surface area contributed by atoms with E-state index in [1.165, 1.54) is 4.31 Å². The van der Waals surface area contributed by atoms with Crippen LogP contribution in [0.2, 0.25) is 0 Å². The zero-order valence-corrected chi connectivity index (χ0v) is 10.8. The highest BCUT2D eigenvalue weighted by Crippen LogP contribution is 2.36. The van der Waals surface area contributed by atoms with Crippen LogP contribution in [0.1, 0.15) is 31.4 Å². The van der Waals surface area contributed by atoms with Gasteiger partial charge in [0.25, 0.3) is 0 Å². The molecule has 1 aliphatic rings. The summed E-state index contributed by atoms with van der Waals surface area (Å²) in [6.45, 7) is 1.79. The molecule has 17 heavy (non-hydrogen) atoms. The zero-order chi connectivity index (χ0) is 12.6. The Balaban J connectivity index is 2.26. The minimum Gasteiger partial charge on any atom is -0.508 e. The average molecular weight is 255 g/mol. The van der Waals surface area contributed by atoms with Gasteiger partial charge in [0.05, 0.1) is 11.3 Å². The Morgan fingerprint density at radius 2 is 1.94 bits per heavy atom. The molecule has 1 saturated carbocycles. The van der Waals surface area contributed by atoms with Crippen LogP contribution in [0.25, 0.3) is 0 Å². The van der Waals surface area contributed by atoms with E-state index < -0.39 is 10.0 Å². The van der Waals surface area contributed by atoms with E-state index >= 15 is 0 Å². The summed E-state index contributed by atoms with van der Waals surface area (Å²) in [5.74, 6) is 0.137. The summed E-state index contributed by atoms with van der Waals surface area (Å²) in [5, 5.41) is 9.51. The van der Waals surface area contributed by atoms with Gasteiger partial charge in [-0.1, -0.05) is 18.2 Å². The maximum atomic E-state index is 12.1. The number of phenolic OH excluding ortho intramolecular Hbond substituents is 1. The molecule has 4 nitrogen and oxygen atoms in total. The highest BCUT2D eigenvalue weighted by molar-refractivity contribution is 7.90. The third-order valence-electron chi connectivity index (χ3n) is 3.28. The predicted octanol–water partition coefficient (Wildman–Crippen LogP) is 1.88. The smallest absolute Gasteiger partial charge is 0.217 e. The van der Waals surface area contributed by atoms with E-state index in [4.69, 9.17) is 0 Å². The fourth-order valence-corrected chi connectivity index (χ4v) is 3.61. The molecule has 0 radical (unpaired) electrons. The standard InChI is InChI=1S/C12H17NO3S/c1-9(11-5-3-4-6-12(11)14)13(2)17(15,16)10-7-8-10/h3-6,9-10,14H,7-8H2,1-2H3. The molecule has 1 fully saturated rings. The normalized spacial score (nSPS) is 18.3. The van der Waals surface area contributed by atoms with Crippen LogP contribution in [0.5, 0.6) is 5.75 Å². The number of hydrogen-bond acceptors (Lipinski definition) is 3. The first-order chi connectivity index (χ1) is 7.94. The van der Waals surface area contributed by atoms with E-state index in [9.17, 15) is 13.5 Å². The number of rotatable bonds is 4. The summed E-state index contributed by atoms with van der Waals surface area (Å²) in [6, 6.07) is 6.49. The molecule has 94 valence electrons. The number of aromatic hydroxyl groups is 1. The molecule has 1 aromatic carbocycles. The molecule has 1 aliphatic carbocycles. The number of nitrogens with zero attached hydrogens (tertiary/aromatic N) is 1. The van der Waals surface area contributed by atoms with Crippen LogP contribution in [0.3, 0.4) is 0 Å². The van der Waals surface area contributed by atoms with Gasteiger partial charge < -0.3 is 5.11 Å². The van der Waals surface area contributed by atoms with Crippen LogP contribution in [0, 0.1) is 0 Å². The molecular weight excluding hydrogens is 238 g/mol. The summed E-state index contributed by atoms with van der Waals surface area (Å²) in [4.78, 5) is 0. The Labute approximate surface area is 102 Å². The Kier molecular flexibility index (Phi) is 3.14. The van der Waals surface area contributed by atoms with Crippen molar-refractivity contribution in [2.75, 3.05) is 7.05 Å². The van der Waals surface area contributed by atoms with E-state index in [0.29, 0.717) is 5.56 Å². The van der Waals surface area contributed by atoms with E-state index in [1.54, 1.807) is 38.2 Å². The molecule has 1 N–H and O–H groups in total. The number of hydrogen-bond donors (Lipinski definition) is 1. The van der Waals surface area contributed by atoms with Gasteiger partial charge in [0, 0.05) is 12.6 Å². The van der Waals surface area contributed by atoms with E-state index in [1.807, 2.05) is 0 Å². The first kappa shape index (κ1) is 12.4. The van der Waals surface area contributed by atoms with Crippen LogP contribution in [0.4, 0.5) is 0 Å². The Bertz CT molecular complexity index is 508. The Morgan fingerprint density at radius 3 is 2.47 bits per heavy atom. The van der Waals surface area contributed by atoms with Crippen molar-refractivity contribution >= 4 is 10.0 Å². The summed E-state index contributed by atoms with van der Waals surface area (Å²) >= 11 is 0. The van der Waals surface area contributed by atoms with Crippen LogP contribution in [-0.2, 0) is 10.0 Å². The highest BCUT2D eigenvalue weighted by atomic mass is 32.2. The van der Waals surface area contributed by atoms with Crippen molar-refractivity contribution in [2.24, 2.45) is 0 Å². The second-order valence-corrected chi connectivity index (χ2v) is 6.77. The minimum absolute atomic E-state index is 0.137. The summed E-state index contributed by atoms with van der Waals surface area (Å²) < 4.78 is 25.5. The lowest BCUT2D eigenvalue weighted by Crippen LogP contribution is -2.32.